The van der Waals surface area contributed by atoms with Gasteiger partial charge in [-0.15, -0.1) is 0 Å². The quantitative estimate of drug-likeness (QED) is 0.728. The average molecular weight is 263 g/mol. The average Bonchev–Trinajstić information content (AvgIpc) is 2.39. The Balaban J connectivity index is 2.80. The zero-order valence-corrected chi connectivity index (χ0v) is 12.4. The molecular weight excluding hydrogens is 238 g/mol. The highest BCUT2D eigenvalue weighted by molar-refractivity contribution is 5.62. The third-order valence-electron chi connectivity index (χ3n) is 2.57. The van der Waals surface area contributed by atoms with Crippen LogP contribution in [0.1, 0.15) is 32.8 Å². The highest BCUT2D eigenvalue weighted by Gasteiger charge is 2.09. The van der Waals surface area contributed by atoms with E-state index in [1.165, 1.54) is 0 Å². The molecule has 106 valence electrons. The molecule has 0 saturated carbocycles. The zero-order valence-electron chi connectivity index (χ0n) is 12.4. The first-order valence-electron chi connectivity index (χ1n) is 6.90. The molecule has 0 spiro atoms. The molecule has 19 heavy (non-hydrogen) atoms. The van der Waals surface area contributed by atoms with Crippen LogP contribution >= 0.6 is 0 Å². The molecule has 0 aliphatic heterocycles. The van der Waals surface area contributed by atoms with Gasteiger partial charge in [-0.05, 0) is 32.9 Å². The predicted molar refractivity (Wildman–Crippen MR) is 81.0 cm³/mol. The van der Waals surface area contributed by atoms with Gasteiger partial charge in [-0.1, -0.05) is 31.2 Å². The van der Waals surface area contributed by atoms with Gasteiger partial charge >= 0.3 is 0 Å². The lowest BCUT2D eigenvalue weighted by atomic mass is 10.1. The first-order chi connectivity index (χ1) is 9.19. The maximum Gasteiger partial charge on any atom is 0.168 e. The topological polar surface area (TPSA) is 30.5 Å². The Labute approximate surface area is 116 Å². The normalized spacial score (nSPS) is 11.2. The molecule has 0 aliphatic rings. The van der Waals surface area contributed by atoms with Crippen molar-refractivity contribution in [3.8, 4) is 11.5 Å². The number of hydrogen-bond donors (Lipinski definition) is 1. The van der Waals surface area contributed by atoms with Gasteiger partial charge in [-0.25, -0.2) is 0 Å². The van der Waals surface area contributed by atoms with Crippen LogP contribution in [0.5, 0.6) is 11.5 Å². The Hall–Kier alpha value is -1.48. The number of hydrogen-bond acceptors (Lipinski definition) is 3. The fourth-order valence-electron chi connectivity index (χ4n) is 1.73. The summed E-state index contributed by atoms with van der Waals surface area (Å²) in [5, 5.41) is 3.34. The van der Waals surface area contributed by atoms with Crippen molar-refractivity contribution in [2.24, 2.45) is 0 Å². The van der Waals surface area contributed by atoms with Crippen molar-refractivity contribution in [1.82, 2.24) is 5.32 Å². The lowest BCUT2D eigenvalue weighted by Crippen LogP contribution is -2.13. The molecule has 0 amide bonds. The lowest BCUT2D eigenvalue weighted by Gasteiger charge is -2.15. The van der Waals surface area contributed by atoms with Gasteiger partial charge in [0.05, 0.1) is 13.2 Å². The van der Waals surface area contributed by atoms with Crippen molar-refractivity contribution in [3.05, 3.63) is 29.8 Å². The molecule has 0 unspecified atom stereocenters. The first-order valence-corrected chi connectivity index (χ1v) is 6.90. The highest BCUT2D eigenvalue weighted by atomic mass is 16.5. The Morgan fingerprint density at radius 2 is 2.11 bits per heavy atom. The van der Waals surface area contributed by atoms with E-state index in [9.17, 15) is 0 Å². The molecule has 0 atom stereocenters. The standard InChI is InChI=1S/C16H25NO2/c1-5-11-17-12-7-9-14-8-6-10-15(18-4)16(14)19-13(2)3/h6-10,13,17H,5,11-12H2,1-4H3. The van der Waals surface area contributed by atoms with Gasteiger partial charge < -0.3 is 14.8 Å². The van der Waals surface area contributed by atoms with Crippen molar-refractivity contribution < 1.29 is 9.47 Å². The van der Waals surface area contributed by atoms with Crippen LogP contribution in [0.25, 0.3) is 6.08 Å². The van der Waals surface area contributed by atoms with Crippen molar-refractivity contribution in [2.45, 2.75) is 33.3 Å². The van der Waals surface area contributed by atoms with Crippen LogP contribution in [0.2, 0.25) is 0 Å². The first kappa shape index (κ1) is 15.6. The Morgan fingerprint density at radius 1 is 1.32 bits per heavy atom. The fraction of sp³-hybridized carbons (Fsp3) is 0.500. The summed E-state index contributed by atoms with van der Waals surface area (Å²) in [5.74, 6) is 1.59. The summed E-state index contributed by atoms with van der Waals surface area (Å²) in [6.07, 6.45) is 5.46. The van der Waals surface area contributed by atoms with Gasteiger partial charge in [0, 0.05) is 12.1 Å². The number of benzene rings is 1. The third kappa shape index (κ3) is 5.35. The molecule has 1 rings (SSSR count). The van der Waals surface area contributed by atoms with Gasteiger partial charge in [0.25, 0.3) is 0 Å². The largest absolute Gasteiger partial charge is 0.493 e. The Kier molecular flexibility index (Phi) is 7.04. The van der Waals surface area contributed by atoms with E-state index < -0.39 is 0 Å². The van der Waals surface area contributed by atoms with E-state index in [1.807, 2.05) is 32.0 Å². The Morgan fingerprint density at radius 3 is 2.74 bits per heavy atom. The molecule has 0 saturated heterocycles. The van der Waals surface area contributed by atoms with Gasteiger partial charge in [0.2, 0.25) is 0 Å². The molecule has 0 heterocycles. The summed E-state index contributed by atoms with van der Waals surface area (Å²) in [4.78, 5) is 0. The minimum Gasteiger partial charge on any atom is -0.493 e. The smallest absolute Gasteiger partial charge is 0.168 e. The number of para-hydroxylation sites is 1. The molecule has 0 fully saturated rings. The third-order valence-corrected chi connectivity index (χ3v) is 2.57. The number of methoxy groups -OCH3 is 1. The molecular formula is C16H25NO2. The molecule has 0 aliphatic carbocycles. The van der Waals surface area contributed by atoms with E-state index in [0.717, 1.165) is 36.6 Å². The van der Waals surface area contributed by atoms with E-state index >= 15 is 0 Å². The second kappa shape index (κ2) is 8.59. The van der Waals surface area contributed by atoms with Crippen LogP contribution in [0, 0.1) is 0 Å². The number of ether oxygens (including phenoxy) is 2. The van der Waals surface area contributed by atoms with Gasteiger partial charge in [0.1, 0.15) is 0 Å². The van der Waals surface area contributed by atoms with Crippen LogP contribution < -0.4 is 14.8 Å². The van der Waals surface area contributed by atoms with Crippen molar-refractivity contribution in [3.63, 3.8) is 0 Å². The van der Waals surface area contributed by atoms with Gasteiger partial charge in [-0.2, -0.15) is 0 Å². The lowest BCUT2D eigenvalue weighted by molar-refractivity contribution is 0.229. The van der Waals surface area contributed by atoms with Crippen LogP contribution in [0.4, 0.5) is 0 Å². The molecule has 0 radical (unpaired) electrons. The second-order valence-corrected chi connectivity index (χ2v) is 4.65. The molecule has 3 nitrogen and oxygen atoms in total. The molecule has 0 bridgehead atoms. The van der Waals surface area contributed by atoms with Crippen LogP contribution in [-0.4, -0.2) is 26.3 Å². The summed E-state index contributed by atoms with van der Waals surface area (Å²) < 4.78 is 11.2. The van der Waals surface area contributed by atoms with E-state index in [1.54, 1.807) is 7.11 Å². The molecule has 1 aromatic carbocycles. The number of rotatable bonds is 8. The number of nitrogens with one attached hydrogen (secondary N) is 1. The molecule has 1 aromatic rings. The predicted octanol–water partition coefficient (Wildman–Crippen LogP) is 3.50. The van der Waals surface area contributed by atoms with Crippen LogP contribution in [-0.2, 0) is 0 Å². The van der Waals surface area contributed by atoms with E-state index in [2.05, 4.69) is 24.4 Å². The van der Waals surface area contributed by atoms with Crippen molar-refractivity contribution >= 4 is 6.08 Å². The maximum atomic E-state index is 5.85. The fourth-order valence-corrected chi connectivity index (χ4v) is 1.73. The van der Waals surface area contributed by atoms with Crippen molar-refractivity contribution in [2.75, 3.05) is 20.2 Å². The SMILES string of the molecule is CCCNCC=Cc1cccc(OC)c1OC(C)C. The van der Waals surface area contributed by atoms with Crippen LogP contribution in [0.15, 0.2) is 24.3 Å². The second-order valence-electron chi connectivity index (χ2n) is 4.65. The monoisotopic (exact) mass is 263 g/mol. The van der Waals surface area contributed by atoms with Gasteiger partial charge in [-0.3, -0.25) is 0 Å². The molecule has 3 heteroatoms. The molecule has 1 N–H and O–H groups in total. The summed E-state index contributed by atoms with van der Waals surface area (Å²) in [6, 6.07) is 5.94. The summed E-state index contributed by atoms with van der Waals surface area (Å²) in [7, 11) is 1.67. The zero-order chi connectivity index (χ0) is 14.1. The highest BCUT2D eigenvalue weighted by Crippen LogP contribution is 2.32. The summed E-state index contributed by atoms with van der Waals surface area (Å²) in [6.45, 7) is 8.10. The van der Waals surface area contributed by atoms with Crippen LogP contribution in [0.3, 0.4) is 0 Å². The Bertz CT molecular complexity index is 400. The summed E-state index contributed by atoms with van der Waals surface area (Å²) >= 11 is 0. The summed E-state index contributed by atoms with van der Waals surface area (Å²) in [5.41, 5.74) is 1.05. The maximum absolute atomic E-state index is 5.85. The van der Waals surface area contributed by atoms with E-state index in [4.69, 9.17) is 9.47 Å². The minimum absolute atomic E-state index is 0.127. The molecule has 0 aromatic heterocycles. The minimum atomic E-state index is 0.127. The van der Waals surface area contributed by atoms with E-state index in [-0.39, 0.29) is 6.10 Å². The van der Waals surface area contributed by atoms with Gasteiger partial charge in [0.15, 0.2) is 11.5 Å². The van der Waals surface area contributed by atoms with Crippen molar-refractivity contribution in [1.29, 1.82) is 0 Å². The van der Waals surface area contributed by atoms with E-state index in [0.29, 0.717) is 0 Å².